The smallest absolute Gasteiger partial charge is 0.319 e. The van der Waals surface area contributed by atoms with E-state index in [0.717, 1.165) is 29.8 Å². The molecule has 0 saturated heterocycles. The van der Waals surface area contributed by atoms with Gasteiger partial charge in [0, 0.05) is 31.2 Å². The van der Waals surface area contributed by atoms with Gasteiger partial charge in [-0.25, -0.2) is 9.78 Å². The van der Waals surface area contributed by atoms with E-state index in [0.29, 0.717) is 6.54 Å². The van der Waals surface area contributed by atoms with Crippen molar-refractivity contribution in [3.05, 3.63) is 120 Å². The highest BCUT2D eigenvalue weighted by molar-refractivity contribution is 5.90. The molecular formula is C25H24N4O. The number of urea groups is 1. The van der Waals surface area contributed by atoms with Gasteiger partial charge in [0.25, 0.3) is 0 Å². The predicted octanol–water partition coefficient (Wildman–Crippen LogP) is 4.84. The van der Waals surface area contributed by atoms with Gasteiger partial charge in [0.05, 0.1) is 6.33 Å². The minimum absolute atomic E-state index is 0.212. The van der Waals surface area contributed by atoms with Gasteiger partial charge in [0.15, 0.2) is 0 Å². The van der Waals surface area contributed by atoms with Gasteiger partial charge >= 0.3 is 6.03 Å². The molecule has 0 bridgehead atoms. The molecule has 0 unspecified atom stereocenters. The zero-order valence-electron chi connectivity index (χ0n) is 16.7. The van der Waals surface area contributed by atoms with Gasteiger partial charge in [-0.3, -0.25) is 0 Å². The molecule has 0 aliphatic heterocycles. The molecule has 1 aromatic heterocycles. The number of para-hydroxylation sites is 1. The molecule has 4 aromatic rings. The van der Waals surface area contributed by atoms with Crippen molar-refractivity contribution in [2.45, 2.75) is 19.5 Å². The zero-order chi connectivity index (χ0) is 20.6. The first-order valence-corrected chi connectivity index (χ1v) is 9.96. The fourth-order valence-corrected chi connectivity index (χ4v) is 3.39. The molecule has 5 nitrogen and oxygen atoms in total. The third kappa shape index (κ3) is 5.35. The zero-order valence-corrected chi connectivity index (χ0v) is 16.7. The van der Waals surface area contributed by atoms with Crippen LogP contribution in [0.5, 0.6) is 0 Å². The van der Waals surface area contributed by atoms with E-state index in [4.69, 9.17) is 0 Å². The largest absolute Gasteiger partial charge is 0.334 e. The van der Waals surface area contributed by atoms with E-state index < -0.39 is 0 Å². The number of hydrogen-bond donors (Lipinski definition) is 2. The summed E-state index contributed by atoms with van der Waals surface area (Å²) in [5.74, 6) is 0. The van der Waals surface area contributed by atoms with Crippen molar-refractivity contribution < 1.29 is 4.79 Å². The lowest BCUT2D eigenvalue weighted by molar-refractivity contribution is 0.251. The SMILES string of the molecule is O=C(NCc1cccc(Cn2ccnc2)c1)Nc1ccccc1Cc1ccccc1. The topological polar surface area (TPSA) is 59.0 Å². The van der Waals surface area contributed by atoms with Crippen molar-refractivity contribution in [3.8, 4) is 0 Å². The summed E-state index contributed by atoms with van der Waals surface area (Å²) in [5.41, 5.74) is 5.34. The number of hydrogen-bond acceptors (Lipinski definition) is 2. The van der Waals surface area contributed by atoms with Gasteiger partial charge in [-0.1, -0.05) is 72.8 Å². The quantitative estimate of drug-likeness (QED) is 0.469. The minimum atomic E-state index is -0.212. The average molecular weight is 396 g/mol. The summed E-state index contributed by atoms with van der Waals surface area (Å²) >= 11 is 0. The number of imidazole rings is 1. The molecule has 4 rings (SSSR count). The van der Waals surface area contributed by atoms with Crippen molar-refractivity contribution in [1.82, 2.24) is 14.9 Å². The van der Waals surface area contributed by atoms with Gasteiger partial charge in [-0.05, 0) is 34.7 Å². The third-order valence-corrected chi connectivity index (χ3v) is 4.87. The second-order valence-electron chi connectivity index (χ2n) is 7.18. The number of nitrogens with zero attached hydrogens (tertiary/aromatic N) is 2. The van der Waals surface area contributed by atoms with E-state index in [1.54, 1.807) is 12.5 Å². The number of amides is 2. The summed E-state index contributed by atoms with van der Waals surface area (Å²) in [5, 5.41) is 5.94. The fraction of sp³-hybridized carbons (Fsp3) is 0.120. The van der Waals surface area contributed by atoms with Crippen LogP contribution in [0.1, 0.15) is 22.3 Å². The molecular weight excluding hydrogens is 372 g/mol. The first kappa shape index (κ1) is 19.5. The molecule has 0 fully saturated rings. The van der Waals surface area contributed by atoms with E-state index >= 15 is 0 Å². The fourth-order valence-electron chi connectivity index (χ4n) is 3.39. The normalized spacial score (nSPS) is 10.5. The van der Waals surface area contributed by atoms with Crippen molar-refractivity contribution in [2.75, 3.05) is 5.32 Å². The van der Waals surface area contributed by atoms with Crippen molar-refractivity contribution in [2.24, 2.45) is 0 Å². The van der Waals surface area contributed by atoms with Gasteiger partial charge in [0.1, 0.15) is 0 Å². The molecule has 3 aromatic carbocycles. The summed E-state index contributed by atoms with van der Waals surface area (Å²) in [6.07, 6.45) is 6.27. The van der Waals surface area contributed by atoms with Crippen LogP contribution in [-0.4, -0.2) is 15.6 Å². The number of rotatable bonds is 7. The van der Waals surface area contributed by atoms with Crippen molar-refractivity contribution >= 4 is 11.7 Å². The summed E-state index contributed by atoms with van der Waals surface area (Å²) in [7, 11) is 0. The predicted molar refractivity (Wildman–Crippen MR) is 119 cm³/mol. The average Bonchev–Trinajstić information content (AvgIpc) is 3.28. The van der Waals surface area contributed by atoms with E-state index in [1.165, 1.54) is 11.1 Å². The summed E-state index contributed by atoms with van der Waals surface area (Å²) in [4.78, 5) is 16.6. The highest BCUT2D eigenvalue weighted by atomic mass is 16.2. The molecule has 2 amide bonds. The monoisotopic (exact) mass is 396 g/mol. The molecule has 2 N–H and O–H groups in total. The van der Waals surface area contributed by atoms with Crippen LogP contribution in [0.4, 0.5) is 10.5 Å². The molecule has 1 heterocycles. The molecule has 0 aliphatic carbocycles. The Labute approximate surface area is 176 Å². The Balaban J connectivity index is 1.35. The van der Waals surface area contributed by atoms with Crippen molar-refractivity contribution in [3.63, 3.8) is 0 Å². The number of benzene rings is 3. The highest BCUT2D eigenvalue weighted by Gasteiger charge is 2.07. The van der Waals surface area contributed by atoms with Crippen LogP contribution in [0.15, 0.2) is 97.6 Å². The van der Waals surface area contributed by atoms with Crippen molar-refractivity contribution in [1.29, 1.82) is 0 Å². The second-order valence-corrected chi connectivity index (χ2v) is 7.18. The van der Waals surface area contributed by atoms with Crippen LogP contribution in [0.2, 0.25) is 0 Å². The molecule has 0 atom stereocenters. The Kier molecular flexibility index (Phi) is 6.20. The molecule has 0 aliphatic rings. The third-order valence-electron chi connectivity index (χ3n) is 4.87. The summed E-state index contributed by atoms with van der Waals surface area (Å²) in [6, 6.07) is 26.1. The Morgan fingerprint density at radius 3 is 2.47 bits per heavy atom. The lowest BCUT2D eigenvalue weighted by atomic mass is 10.0. The van der Waals surface area contributed by atoms with Crippen LogP contribution in [0, 0.1) is 0 Å². The molecule has 0 spiro atoms. The molecule has 30 heavy (non-hydrogen) atoms. The van der Waals surface area contributed by atoms with Crippen LogP contribution in [0.25, 0.3) is 0 Å². The minimum Gasteiger partial charge on any atom is -0.334 e. The van der Waals surface area contributed by atoms with Crippen LogP contribution in [-0.2, 0) is 19.5 Å². The van der Waals surface area contributed by atoms with E-state index in [1.807, 2.05) is 65.4 Å². The lowest BCUT2D eigenvalue weighted by Gasteiger charge is -2.13. The van der Waals surface area contributed by atoms with E-state index in [-0.39, 0.29) is 6.03 Å². The maximum atomic E-state index is 12.5. The number of nitrogens with one attached hydrogen (secondary N) is 2. The van der Waals surface area contributed by atoms with E-state index in [2.05, 4.69) is 39.9 Å². The van der Waals surface area contributed by atoms with Crippen LogP contribution < -0.4 is 10.6 Å². The first-order valence-electron chi connectivity index (χ1n) is 9.96. The van der Waals surface area contributed by atoms with Crippen LogP contribution in [0.3, 0.4) is 0 Å². The Bertz CT molecular complexity index is 1090. The number of carbonyl (C=O) groups is 1. The standard InChI is InChI=1S/C25H24N4O/c30-25(27-17-21-9-6-10-22(15-21)18-29-14-13-26-19-29)28-24-12-5-4-11-23(24)16-20-7-2-1-3-8-20/h1-15,19H,16-18H2,(H2,27,28,30). The molecule has 0 saturated carbocycles. The van der Waals surface area contributed by atoms with Gasteiger partial charge in [-0.2, -0.15) is 0 Å². The van der Waals surface area contributed by atoms with Gasteiger partial charge in [0.2, 0.25) is 0 Å². The Hall–Kier alpha value is -3.86. The first-order chi connectivity index (χ1) is 14.8. The molecule has 5 heteroatoms. The number of aromatic nitrogens is 2. The van der Waals surface area contributed by atoms with Crippen LogP contribution >= 0.6 is 0 Å². The molecule has 150 valence electrons. The number of carbonyl (C=O) groups excluding carboxylic acids is 1. The van der Waals surface area contributed by atoms with Gasteiger partial charge < -0.3 is 15.2 Å². The second kappa shape index (κ2) is 9.56. The van der Waals surface area contributed by atoms with Gasteiger partial charge in [-0.15, -0.1) is 0 Å². The summed E-state index contributed by atoms with van der Waals surface area (Å²) < 4.78 is 2.02. The highest BCUT2D eigenvalue weighted by Crippen LogP contribution is 2.19. The Morgan fingerprint density at radius 2 is 1.63 bits per heavy atom. The lowest BCUT2D eigenvalue weighted by Crippen LogP contribution is -2.28. The summed E-state index contributed by atoms with van der Waals surface area (Å²) in [6.45, 7) is 1.22. The number of anilines is 1. The van der Waals surface area contributed by atoms with E-state index in [9.17, 15) is 4.79 Å². The maximum absolute atomic E-state index is 12.5. The maximum Gasteiger partial charge on any atom is 0.319 e. The Morgan fingerprint density at radius 1 is 0.867 bits per heavy atom. The molecule has 0 radical (unpaired) electrons.